The summed E-state index contributed by atoms with van der Waals surface area (Å²) in [5.74, 6) is 0. The molecule has 1 aromatic rings. The maximum Gasteiger partial charge on any atom is 0.110 e. The van der Waals surface area contributed by atoms with Gasteiger partial charge in [0.25, 0.3) is 0 Å². The molecule has 1 aromatic carbocycles. The second kappa shape index (κ2) is 6.85. The maximum absolute atomic E-state index is 9.20. The summed E-state index contributed by atoms with van der Waals surface area (Å²) in [5.41, 5.74) is 1.17. The molecule has 0 radical (unpaired) electrons. The summed E-state index contributed by atoms with van der Waals surface area (Å²) >= 11 is 0. The van der Waals surface area contributed by atoms with Gasteiger partial charge in [0.2, 0.25) is 0 Å². The fourth-order valence-corrected chi connectivity index (χ4v) is 2.20. The molecular formula is C14H21NO3. The molecule has 0 spiro atoms. The summed E-state index contributed by atoms with van der Waals surface area (Å²) in [6.07, 6.45) is 1.55. The number of nitrogens with one attached hydrogen (secondary N) is 1. The van der Waals surface area contributed by atoms with E-state index in [1.807, 2.05) is 25.2 Å². The summed E-state index contributed by atoms with van der Waals surface area (Å²) in [6, 6.07) is 10.1. The number of aliphatic hydroxyl groups is 1. The molecule has 4 nitrogen and oxygen atoms in total. The molecule has 2 unspecified atom stereocenters. The van der Waals surface area contributed by atoms with Gasteiger partial charge in [-0.1, -0.05) is 30.3 Å². The van der Waals surface area contributed by atoms with Gasteiger partial charge >= 0.3 is 0 Å². The molecule has 0 amide bonds. The van der Waals surface area contributed by atoms with E-state index in [0.29, 0.717) is 6.61 Å². The van der Waals surface area contributed by atoms with E-state index in [-0.39, 0.29) is 25.0 Å². The molecule has 2 rings (SSSR count). The highest BCUT2D eigenvalue weighted by Gasteiger charge is 2.28. The van der Waals surface area contributed by atoms with Crippen LogP contribution in [0.2, 0.25) is 0 Å². The van der Waals surface area contributed by atoms with Crippen LogP contribution in [-0.2, 0) is 16.1 Å². The molecular weight excluding hydrogens is 230 g/mol. The lowest BCUT2D eigenvalue weighted by atomic mass is 10.0. The molecule has 1 fully saturated rings. The molecule has 0 aromatic heterocycles. The quantitative estimate of drug-likeness (QED) is 0.828. The van der Waals surface area contributed by atoms with Crippen LogP contribution in [0.15, 0.2) is 30.3 Å². The van der Waals surface area contributed by atoms with E-state index in [9.17, 15) is 5.11 Å². The van der Waals surface area contributed by atoms with Gasteiger partial charge in [-0.2, -0.15) is 0 Å². The van der Waals surface area contributed by atoms with Crippen molar-refractivity contribution in [2.24, 2.45) is 0 Å². The molecule has 1 aliphatic heterocycles. The zero-order chi connectivity index (χ0) is 12.8. The highest BCUT2D eigenvalue weighted by molar-refractivity contribution is 5.13. The maximum atomic E-state index is 9.20. The van der Waals surface area contributed by atoms with Crippen LogP contribution in [0, 0.1) is 0 Å². The zero-order valence-corrected chi connectivity index (χ0v) is 10.7. The second-order valence-electron chi connectivity index (χ2n) is 4.61. The van der Waals surface area contributed by atoms with Crippen molar-refractivity contribution in [1.29, 1.82) is 0 Å². The van der Waals surface area contributed by atoms with Crippen LogP contribution in [0.1, 0.15) is 18.4 Å². The Bertz CT molecular complexity index is 332. The van der Waals surface area contributed by atoms with Crippen LogP contribution < -0.4 is 5.32 Å². The summed E-state index contributed by atoms with van der Waals surface area (Å²) < 4.78 is 11.5. The third-order valence-electron chi connectivity index (χ3n) is 3.21. The zero-order valence-electron chi connectivity index (χ0n) is 10.7. The molecule has 1 aliphatic rings. The minimum atomic E-state index is -0.128. The predicted molar refractivity (Wildman–Crippen MR) is 69.1 cm³/mol. The number of hydrogen-bond donors (Lipinski definition) is 2. The lowest BCUT2D eigenvalue weighted by Gasteiger charge is -2.34. The molecule has 18 heavy (non-hydrogen) atoms. The summed E-state index contributed by atoms with van der Waals surface area (Å²) in [5, 5.41) is 12.3. The van der Waals surface area contributed by atoms with Crippen LogP contribution in [0.5, 0.6) is 0 Å². The number of benzene rings is 1. The second-order valence-corrected chi connectivity index (χ2v) is 4.61. The van der Waals surface area contributed by atoms with Gasteiger partial charge in [-0.3, -0.25) is 5.32 Å². The van der Waals surface area contributed by atoms with Crippen LogP contribution in [-0.4, -0.2) is 37.2 Å². The van der Waals surface area contributed by atoms with E-state index in [1.54, 1.807) is 0 Å². The number of aliphatic hydroxyl groups excluding tert-OH is 1. The number of rotatable bonds is 5. The van der Waals surface area contributed by atoms with Gasteiger partial charge in [-0.05, 0) is 12.6 Å². The predicted octanol–water partition coefficient (Wildman–Crippen LogP) is 1.29. The van der Waals surface area contributed by atoms with Crippen LogP contribution in [0.25, 0.3) is 0 Å². The number of ether oxygens (including phenoxy) is 2. The number of hydrogen-bond acceptors (Lipinski definition) is 4. The van der Waals surface area contributed by atoms with Gasteiger partial charge in [0.1, 0.15) is 6.23 Å². The smallest absolute Gasteiger partial charge is 0.110 e. The van der Waals surface area contributed by atoms with E-state index in [4.69, 9.17) is 9.47 Å². The van der Waals surface area contributed by atoms with Gasteiger partial charge in [0.05, 0.1) is 25.4 Å². The third-order valence-corrected chi connectivity index (χ3v) is 3.21. The van der Waals surface area contributed by atoms with E-state index < -0.39 is 0 Å². The van der Waals surface area contributed by atoms with Crippen LogP contribution in [0.4, 0.5) is 0 Å². The van der Waals surface area contributed by atoms with Crippen molar-refractivity contribution >= 4 is 0 Å². The van der Waals surface area contributed by atoms with E-state index in [2.05, 4.69) is 17.4 Å². The SMILES string of the molecule is CN[C@H]1CC(OCc2ccccc2)CC(CO)O1. The third kappa shape index (κ3) is 3.78. The highest BCUT2D eigenvalue weighted by Crippen LogP contribution is 2.21. The first-order valence-electron chi connectivity index (χ1n) is 6.41. The Balaban J connectivity index is 1.84. The van der Waals surface area contributed by atoms with Crippen molar-refractivity contribution in [2.75, 3.05) is 13.7 Å². The summed E-state index contributed by atoms with van der Waals surface area (Å²) in [7, 11) is 1.86. The summed E-state index contributed by atoms with van der Waals surface area (Å²) in [4.78, 5) is 0. The van der Waals surface area contributed by atoms with Crippen molar-refractivity contribution in [2.45, 2.75) is 37.9 Å². The first kappa shape index (κ1) is 13.5. The van der Waals surface area contributed by atoms with Gasteiger partial charge in [-0.15, -0.1) is 0 Å². The van der Waals surface area contributed by atoms with Crippen molar-refractivity contribution in [3.05, 3.63) is 35.9 Å². The minimum Gasteiger partial charge on any atom is -0.394 e. The van der Waals surface area contributed by atoms with Crippen LogP contribution >= 0.6 is 0 Å². The van der Waals surface area contributed by atoms with E-state index in [1.165, 1.54) is 5.56 Å². The van der Waals surface area contributed by atoms with Crippen molar-refractivity contribution in [3.63, 3.8) is 0 Å². The monoisotopic (exact) mass is 251 g/mol. The molecule has 1 heterocycles. The van der Waals surface area contributed by atoms with Gasteiger partial charge in [0, 0.05) is 12.8 Å². The fraction of sp³-hybridized carbons (Fsp3) is 0.571. The Morgan fingerprint density at radius 2 is 2.11 bits per heavy atom. The topological polar surface area (TPSA) is 50.7 Å². The average Bonchev–Trinajstić information content (AvgIpc) is 2.45. The first-order chi connectivity index (χ1) is 8.81. The molecule has 3 atom stereocenters. The normalized spacial score (nSPS) is 28.2. The molecule has 100 valence electrons. The molecule has 0 aliphatic carbocycles. The lowest BCUT2D eigenvalue weighted by Crippen LogP contribution is -2.44. The Labute approximate surface area is 108 Å². The largest absolute Gasteiger partial charge is 0.394 e. The van der Waals surface area contributed by atoms with Crippen LogP contribution in [0.3, 0.4) is 0 Å². The summed E-state index contributed by atoms with van der Waals surface area (Å²) in [6.45, 7) is 0.656. The average molecular weight is 251 g/mol. The van der Waals surface area contributed by atoms with Gasteiger partial charge in [-0.25, -0.2) is 0 Å². The van der Waals surface area contributed by atoms with Crippen molar-refractivity contribution in [1.82, 2.24) is 5.32 Å². The first-order valence-corrected chi connectivity index (χ1v) is 6.41. The van der Waals surface area contributed by atoms with Crippen molar-refractivity contribution < 1.29 is 14.6 Å². The van der Waals surface area contributed by atoms with Crippen molar-refractivity contribution in [3.8, 4) is 0 Å². The fourth-order valence-electron chi connectivity index (χ4n) is 2.20. The standard InChI is InChI=1S/C14H21NO3/c1-15-14-8-12(7-13(9-16)18-14)17-10-11-5-3-2-4-6-11/h2-6,12-16H,7-10H2,1H3/t12?,13?,14-/m1/s1. The highest BCUT2D eigenvalue weighted by atomic mass is 16.5. The lowest BCUT2D eigenvalue weighted by molar-refractivity contribution is -0.139. The van der Waals surface area contributed by atoms with Gasteiger partial charge in [0.15, 0.2) is 0 Å². The van der Waals surface area contributed by atoms with E-state index >= 15 is 0 Å². The molecule has 2 N–H and O–H groups in total. The molecule has 1 saturated heterocycles. The van der Waals surface area contributed by atoms with Gasteiger partial charge < -0.3 is 14.6 Å². The van der Waals surface area contributed by atoms with E-state index in [0.717, 1.165) is 12.8 Å². The minimum absolute atomic E-state index is 0.0309. The molecule has 4 heteroatoms. The Kier molecular flexibility index (Phi) is 5.13. The Morgan fingerprint density at radius 3 is 2.78 bits per heavy atom. The molecule has 0 bridgehead atoms. The Morgan fingerprint density at radius 1 is 1.33 bits per heavy atom. The molecule has 0 saturated carbocycles. The Hall–Kier alpha value is -0.940.